The number of methoxy groups -OCH3 is 1. The Balaban J connectivity index is 1.92. The molecule has 1 aromatic carbocycles. The van der Waals surface area contributed by atoms with Gasteiger partial charge in [0.25, 0.3) is 5.91 Å². The van der Waals surface area contributed by atoms with Gasteiger partial charge in [0.05, 0.1) is 0 Å². The summed E-state index contributed by atoms with van der Waals surface area (Å²) in [7, 11) is 5.08. The van der Waals surface area contributed by atoms with Gasteiger partial charge in [-0.1, -0.05) is 15.9 Å². The smallest absolute Gasteiger partial charge is 0.276 e. The number of halogens is 1. The van der Waals surface area contributed by atoms with Crippen molar-refractivity contribution in [3.05, 3.63) is 40.1 Å². The summed E-state index contributed by atoms with van der Waals surface area (Å²) in [4.78, 5) is 28.0. The Morgan fingerprint density at radius 3 is 2.72 bits per heavy atom. The van der Waals surface area contributed by atoms with Crippen LogP contribution in [0.25, 0.3) is 17.0 Å². The summed E-state index contributed by atoms with van der Waals surface area (Å²) in [5.74, 6) is -0.223. The molecule has 0 atom stereocenters. The lowest BCUT2D eigenvalue weighted by Crippen LogP contribution is -2.28. The summed E-state index contributed by atoms with van der Waals surface area (Å²) in [6.07, 6.45) is 4.47. The number of nitrogens with one attached hydrogen (secondary N) is 1. The van der Waals surface area contributed by atoms with E-state index in [1.165, 1.54) is 4.90 Å². The van der Waals surface area contributed by atoms with Crippen LogP contribution in [0.15, 0.2) is 34.6 Å². The number of likely N-dealkylation sites (N-methyl/N-ethyl adjacent to an activating group) is 2. The highest BCUT2D eigenvalue weighted by molar-refractivity contribution is 9.10. The standard InChI is InChI=1S/C20H23BrN4O3S/c1-23-17(19(27)24(2)20(23)29)9-13-11-25(12-18(26)22-7-4-8-28-3)16-6-5-14(21)10-15(13)16/h5-6,9-11H,4,7-8,12H2,1-3H3,(H,22,26)/b17-9-. The van der Waals surface area contributed by atoms with Crippen molar-refractivity contribution in [3.8, 4) is 0 Å². The number of carbonyl (C=O) groups is 2. The second kappa shape index (κ2) is 9.06. The second-order valence-corrected chi connectivity index (χ2v) is 8.09. The van der Waals surface area contributed by atoms with E-state index in [2.05, 4.69) is 21.2 Å². The summed E-state index contributed by atoms with van der Waals surface area (Å²) in [5, 5.41) is 4.30. The number of rotatable bonds is 7. The molecule has 0 unspecified atom stereocenters. The summed E-state index contributed by atoms with van der Waals surface area (Å²) in [6, 6.07) is 5.87. The number of hydrogen-bond acceptors (Lipinski definition) is 4. The third-order valence-electron chi connectivity index (χ3n) is 4.79. The maximum Gasteiger partial charge on any atom is 0.276 e. The molecule has 154 valence electrons. The van der Waals surface area contributed by atoms with Crippen LogP contribution in [-0.2, 0) is 20.9 Å². The van der Waals surface area contributed by atoms with Crippen molar-refractivity contribution in [3.63, 3.8) is 0 Å². The lowest BCUT2D eigenvalue weighted by Gasteiger charge is -2.10. The highest BCUT2D eigenvalue weighted by Gasteiger charge is 2.33. The number of nitrogens with zero attached hydrogens (tertiary/aromatic N) is 3. The Hall–Kier alpha value is -2.23. The minimum Gasteiger partial charge on any atom is -0.385 e. The molecule has 0 radical (unpaired) electrons. The fourth-order valence-electron chi connectivity index (χ4n) is 3.23. The SMILES string of the molecule is COCCCNC(=O)Cn1cc(/C=C2/C(=O)N(C)C(=S)N2C)c2cc(Br)ccc21. The molecular formula is C20H23BrN4O3S. The van der Waals surface area contributed by atoms with Gasteiger partial charge in [-0.3, -0.25) is 14.5 Å². The largest absolute Gasteiger partial charge is 0.385 e. The summed E-state index contributed by atoms with van der Waals surface area (Å²) >= 11 is 8.79. The highest BCUT2D eigenvalue weighted by Crippen LogP contribution is 2.29. The van der Waals surface area contributed by atoms with Crippen molar-refractivity contribution in [2.45, 2.75) is 13.0 Å². The van der Waals surface area contributed by atoms with Crippen LogP contribution in [0.3, 0.4) is 0 Å². The van der Waals surface area contributed by atoms with Crippen molar-refractivity contribution in [1.82, 2.24) is 19.7 Å². The molecule has 1 aromatic heterocycles. The van der Waals surface area contributed by atoms with Crippen LogP contribution < -0.4 is 5.32 Å². The van der Waals surface area contributed by atoms with Gasteiger partial charge in [0.2, 0.25) is 5.91 Å². The van der Waals surface area contributed by atoms with Gasteiger partial charge in [0.15, 0.2) is 5.11 Å². The quantitative estimate of drug-likeness (QED) is 0.376. The van der Waals surface area contributed by atoms with Gasteiger partial charge in [0, 0.05) is 61.5 Å². The van der Waals surface area contributed by atoms with E-state index in [-0.39, 0.29) is 18.4 Å². The molecule has 2 amide bonds. The third-order valence-corrected chi connectivity index (χ3v) is 5.83. The molecule has 1 aliphatic heterocycles. The topological polar surface area (TPSA) is 66.8 Å². The molecule has 0 saturated carbocycles. The van der Waals surface area contributed by atoms with Crippen LogP contribution in [0.2, 0.25) is 0 Å². The van der Waals surface area contributed by atoms with E-state index < -0.39 is 0 Å². The first kappa shape index (κ1) is 21.5. The molecule has 9 heteroatoms. The van der Waals surface area contributed by atoms with E-state index in [1.54, 1.807) is 26.1 Å². The average Bonchev–Trinajstić information content (AvgIpc) is 3.11. The van der Waals surface area contributed by atoms with Gasteiger partial charge < -0.3 is 19.5 Å². The van der Waals surface area contributed by atoms with E-state index in [0.29, 0.717) is 24.0 Å². The number of benzene rings is 1. The monoisotopic (exact) mass is 478 g/mol. The molecule has 2 heterocycles. The molecular weight excluding hydrogens is 456 g/mol. The van der Waals surface area contributed by atoms with E-state index in [0.717, 1.165) is 27.4 Å². The van der Waals surface area contributed by atoms with Crippen molar-refractivity contribution in [1.29, 1.82) is 0 Å². The van der Waals surface area contributed by atoms with E-state index in [4.69, 9.17) is 17.0 Å². The minimum atomic E-state index is -0.149. The Kier molecular flexibility index (Phi) is 6.71. The van der Waals surface area contributed by atoms with Crippen LogP contribution >= 0.6 is 28.1 Å². The summed E-state index contributed by atoms with van der Waals surface area (Å²) in [6.45, 7) is 1.37. The molecule has 29 heavy (non-hydrogen) atoms. The molecule has 0 aliphatic carbocycles. The number of fused-ring (bicyclic) bond motifs is 1. The maximum absolute atomic E-state index is 12.5. The van der Waals surface area contributed by atoms with Crippen molar-refractivity contribution in [2.75, 3.05) is 34.4 Å². The Bertz CT molecular complexity index is 1000. The fraction of sp³-hybridized carbons (Fsp3) is 0.350. The predicted octanol–water partition coefficient (Wildman–Crippen LogP) is 2.59. The van der Waals surface area contributed by atoms with Crippen molar-refractivity contribution < 1.29 is 14.3 Å². The Morgan fingerprint density at radius 2 is 2.07 bits per heavy atom. The van der Waals surface area contributed by atoms with Gasteiger partial charge in [0.1, 0.15) is 12.2 Å². The van der Waals surface area contributed by atoms with Gasteiger partial charge >= 0.3 is 0 Å². The maximum atomic E-state index is 12.5. The molecule has 1 fully saturated rings. The van der Waals surface area contributed by atoms with Gasteiger partial charge in [-0.15, -0.1) is 0 Å². The molecule has 0 spiro atoms. The van der Waals surface area contributed by atoms with Crippen LogP contribution in [0.4, 0.5) is 0 Å². The zero-order chi connectivity index (χ0) is 21.1. The lowest BCUT2D eigenvalue weighted by molar-refractivity contribution is -0.122. The molecule has 2 aromatic rings. The number of ether oxygens (including phenoxy) is 1. The molecule has 1 N–H and O–H groups in total. The number of hydrogen-bond donors (Lipinski definition) is 1. The number of amides is 2. The van der Waals surface area contributed by atoms with Crippen LogP contribution in [-0.4, -0.2) is 65.7 Å². The van der Waals surface area contributed by atoms with E-state index in [9.17, 15) is 9.59 Å². The van der Waals surface area contributed by atoms with Crippen LogP contribution in [0, 0.1) is 0 Å². The lowest BCUT2D eigenvalue weighted by atomic mass is 10.1. The number of carbonyl (C=O) groups excluding carboxylic acids is 2. The molecule has 0 bridgehead atoms. The van der Waals surface area contributed by atoms with E-state index >= 15 is 0 Å². The third kappa shape index (κ3) is 4.52. The first-order valence-electron chi connectivity index (χ1n) is 9.15. The van der Waals surface area contributed by atoms with Crippen LogP contribution in [0.1, 0.15) is 12.0 Å². The first-order chi connectivity index (χ1) is 13.8. The van der Waals surface area contributed by atoms with Gasteiger partial charge in [-0.25, -0.2) is 0 Å². The zero-order valence-electron chi connectivity index (χ0n) is 16.6. The molecule has 3 rings (SSSR count). The minimum absolute atomic E-state index is 0.0740. The van der Waals surface area contributed by atoms with Gasteiger partial charge in [-0.2, -0.15) is 0 Å². The predicted molar refractivity (Wildman–Crippen MR) is 120 cm³/mol. The fourth-order valence-corrected chi connectivity index (χ4v) is 3.78. The zero-order valence-corrected chi connectivity index (χ0v) is 19.0. The number of thiocarbonyl (C=S) groups is 1. The van der Waals surface area contributed by atoms with Crippen molar-refractivity contribution >= 4 is 62.1 Å². The average molecular weight is 479 g/mol. The van der Waals surface area contributed by atoms with Crippen molar-refractivity contribution in [2.24, 2.45) is 0 Å². The Labute approximate surface area is 183 Å². The summed E-state index contributed by atoms with van der Waals surface area (Å²) < 4.78 is 7.81. The van der Waals surface area contributed by atoms with E-state index in [1.807, 2.05) is 35.0 Å². The number of aromatic nitrogens is 1. The molecule has 1 saturated heterocycles. The Morgan fingerprint density at radius 1 is 1.31 bits per heavy atom. The summed E-state index contributed by atoms with van der Waals surface area (Å²) in [5.41, 5.74) is 2.26. The van der Waals surface area contributed by atoms with Crippen LogP contribution in [0.5, 0.6) is 0 Å². The molecule has 1 aliphatic rings. The first-order valence-corrected chi connectivity index (χ1v) is 10.3. The highest BCUT2D eigenvalue weighted by atomic mass is 79.9. The normalized spacial score (nSPS) is 15.8. The van der Waals surface area contributed by atoms with Gasteiger partial charge in [-0.05, 0) is 42.9 Å². The second-order valence-electron chi connectivity index (χ2n) is 6.81. The molecule has 7 nitrogen and oxygen atoms in total.